The number of rotatable bonds is 6. The Hall–Kier alpha value is -3.23. The third-order valence-corrected chi connectivity index (χ3v) is 3.38. The average Bonchev–Trinajstić information content (AvgIpc) is 3.03. The van der Waals surface area contributed by atoms with Crippen molar-refractivity contribution in [2.24, 2.45) is 0 Å². The van der Waals surface area contributed by atoms with E-state index in [-0.39, 0.29) is 17.3 Å². The van der Waals surface area contributed by atoms with Gasteiger partial charge in [-0.1, -0.05) is 0 Å². The van der Waals surface area contributed by atoms with Gasteiger partial charge in [0.15, 0.2) is 6.10 Å². The summed E-state index contributed by atoms with van der Waals surface area (Å²) >= 11 is 0. The van der Waals surface area contributed by atoms with Crippen LogP contribution in [0.1, 0.15) is 37.2 Å². The van der Waals surface area contributed by atoms with Crippen LogP contribution in [-0.2, 0) is 9.53 Å². The van der Waals surface area contributed by atoms with Crippen molar-refractivity contribution in [1.29, 1.82) is 0 Å². The Morgan fingerprint density at radius 1 is 1.20 bits per heavy atom. The van der Waals surface area contributed by atoms with Gasteiger partial charge < -0.3 is 10.1 Å². The molecule has 1 amide bonds. The van der Waals surface area contributed by atoms with E-state index >= 15 is 0 Å². The van der Waals surface area contributed by atoms with E-state index in [1.165, 1.54) is 31.2 Å². The van der Waals surface area contributed by atoms with Gasteiger partial charge in [0.1, 0.15) is 5.82 Å². The topological polar surface area (TPSA) is 116 Å². The molecule has 25 heavy (non-hydrogen) atoms. The number of nitro groups is 1. The lowest BCUT2D eigenvalue weighted by molar-refractivity contribution is -0.384. The molecule has 1 aromatic carbocycles. The predicted molar refractivity (Wildman–Crippen MR) is 89.2 cm³/mol. The van der Waals surface area contributed by atoms with Crippen molar-refractivity contribution in [3.63, 3.8) is 0 Å². The van der Waals surface area contributed by atoms with Gasteiger partial charge in [0.2, 0.25) is 0 Å². The van der Waals surface area contributed by atoms with E-state index < -0.39 is 22.9 Å². The van der Waals surface area contributed by atoms with E-state index in [0.29, 0.717) is 5.82 Å². The number of esters is 1. The molecule has 0 spiro atoms. The quantitative estimate of drug-likeness (QED) is 0.488. The van der Waals surface area contributed by atoms with Crippen molar-refractivity contribution in [3.05, 3.63) is 52.2 Å². The van der Waals surface area contributed by atoms with E-state index in [1.807, 2.05) is 13.8 Å². The number of hydrogen-bond acceptors (Lipinski definition) is 6. The first-order valence-electron chi connectivity index (χ1n) is 7.59. The van der Waals surface area contributed by atoms with E-state index in [4.69, 9.17) is 4.74 Å². The highest BCUT2D eigenvalue weighted by atomic mass is 16.6. The summed E-state index contributed by atoms with van der Waals surface area (Å²) in [7, 11) is 0. The Kier molecular flexibility index (Phi) is 5.48. The number of carbonyl (C=O) groups is 2. The van der Waals surface area contributed by atoms with Crippen molar-refractivity contribution in [2.45, 2.75) is 32.9 Å². The number of nitrogens with one attached hydrogen (secondary N) is 1. The van der Waals surface area contributed by atoms with Crippen LogP contribution in [0.25, 0.3) is 0 Å². The predicted octanol–water partition coefficient (Wildman–Crippen LogP) is 2.56. The number of benzene rings is 1. The molecule has 1 atom stereocenters. The molecule has 0 unspecified atom stereocenters. The van der Waals surface area contributed by atoms with Gasteiger partial charge >= 0.3 is 5.97 Å². The van der Waals surface area contributed by atoms with Crippen LogP contribution in [0.2, 0.25) is 0 Å². The maximum Gasteiger partial charge on any atom is 0.338 e. The Labute approximate surface area is 143 Å². The van der Waals surface area contributed by atoms with Gasteiger partial charge in [0, 0.05) is 24.2 Å². The summed E-state index contributed by atoms with van der Waals surface area (Å²) in [5, 5.41) is 17.4. The minimum Gasteiger partial charge on any atom is -0.449 e. The number of amides is 1. The number of anilines is 1. The van der Waals surface area contributed by atoms with Crippen LogP contribution in [0.4, 0.5) is 11.5 Å². The second-order valence-electron chi connectivity index (χ2n) is 5.60. The molecule has 1 heterocycles. The van der Waals surface area contributed by atoms with Crippen LogP contribution < -0.4 is 5.32 Å². The molecule has 0 fully saturated rings. The fourth-order valence-corrected chi connectivity index (χ4v) is 2.05. The second kappa shape index (κ2) is 7.56. The minimum atomic E-state index is -1.04. The molecule has 0 aliphatic heterocycles. The van der Waals surface area contributed by atoms with Gasteiger partial charge in [0.25, 0.3) is 11.6 Å². The van der Waals surface area contributed by atoms with E-state index in [9.17, 15) is 19.7 Å². The maximum absolute atomic E-state index is 12.2. The van der Waals surface area contributed by atoms with Crippen LogP contribution in [0, 0.1) is 10.1 Å². The summed E-state index contributed by atoms with van der Waals surface area (Å²) in [5.41, 5.74) is -0.0123. The van der Waals surface area contributed by atoms with Crippen LogP contribution in [0.5, 0.6) is 0 Å². The van der Waals surface area contributed by atoms with Gasteiger partial charge in [-0.25, -0.2) is 9.48 Å². The molecular weight excluding hydrogens is 328 g/mol. The van der Waals surface area contributed by atoms with Gasteiger partial charge in [-0.3, -0.25) is 14.9 Å². The highest BCUT2D eigenvalue weighted by Gasteiger charge is 2.21. The summed E-state index contributed by atoms with van der Waals surface area (Å²) in [6, 6.07) is 6.65. The summed E-state index contributed by atoms with van der Waals surface area (Å²) in [4.78, 5) is 34.2. The lowest BCUT2D eigenvalue weighted by Gasteiger charge is -2.15. The molecule has 9 nitrogen and oxygen atoms in total. The fraction of sp³-hybridized carbons (Fsp3) is 0.312. The lowest BCUT2D eigenvalue weighted by atomic mass is 10.2. The highest BCUT2D eigenvalue weighted by Crippen LogP contribution is 2.15. The second-order valence-corrected chi connectivity index (χ2v) is 5.60. The van der Waals surface area contributed by atoms with Crippen molar-refractivity contribution in [2.75, 3.05) is 5.32 Å². The molecule has 0 radical (unpaired) electrons. The monoisotopic (exact) mass is 346 g/mol. The minimum absolute atomic E-state index is 0.0586. The Balaban J connectivity index is 1.99. The summed E-state index contributed by atoms with van der Waals surface area (Å²) in [6.45, 7) is 5.27. The first-order chi connectivity index (χ1) is 11.8. The first-order valence-corrected chi connectivity index (χ1v) is 7.59. The molecule has 0 aliphatic rings. The number of ether oxygens (including phenoxy) is 1. The number of aromatic nitrogens is 2. The summed E-state index contributed by atoms with van der Waals surface area (Å²) < 4.78 is 6.72. The zero-order valence-electron chi connectivity index (χ0n) is 14.0. The molecule has 0 saturated carbocycles. The third-order valence-electron chi connectivity index (χ3n) is 3.38. The molecule has 2 rings (SSSR count). The average molecular weight is 346 g/mol. The highest BCUT2D eigenvalue weighted by molar-refractivity contribution is 5.96. The largest absolute Gasteiger partial charge is 0.449 e. The first kappa shape index (κ1) is 18.1. The third kappa shape index (κ3) is 4.40. The Bertz CT molecular complexity index is 782. The number of hydrogen-bond donors (Lipinski definition) is 1. The van der Waals surface area contributed by atoms with E-state index in [0.717, 1.165) is 0 Å². The maximum atomic E-state index is 12.2. The number of carbonyl (C=O) groups excluding carboxylic acids is 2. The van der Waals surface area contributed by atoms with Crippen LogP contribution in [-0.4, -0.2) is 32.7 Å². The fourth-order valence-electron chi connectivity index (χ4n) is 2.05. The van der Waals surface area contributed by atoms with Gasteiger partial charge in [0.05, 0.1) is 16.7 Å². The molecule has 0 saturated heterocycles. The van der Waals surface area contributed by atoms with Crippen molar-refractivity contribution >= 4 is 23.4 Å². The van der Waals surface area contributed by atoms with Crippen molar-refractivity contribution in [1.82, 2.24) is 9.78 Å². The molecule has 9 heteroatoms. The van der Waals surface area contributed by atoms with Crippen molar-refractivity contribution < 1.29 is 19.2 Å². The lowest BCUT2D eigenvalue weighted by Crippen LogP contribution is -2.31. The Morgan fingerprint density at radius 2 is 1.84 bits per heavy atom. The molecule has 1 N–H and O–H groups in total. The molecular formula is C16H18N4O5. The molecule has 1 aromatic heterocycles. The number of nitro benzene ring substituents is 1. The number of non-ortho nitro benzene ring substituents is 1. The zero-order chi connectivity index (χ0) is 18.6. The van der Waals surface area contributed by atoms with Crippen LogP contribution in [0.15, 0.2) is 36.5 Å². The SMILES string of the molecule is CC(C)n1nccc1NC(=O)[C@H](C)OC(=O)c1ccc([N+](=O)[O-])cc1. The molecule has 0 bridgehead atoms. The summed E-state index contributed by atoms with van der Waals surface area (Å²) in [6.07, 6.45) is 0.515. The van der Waals surface area contributed by atoms with Gasteiger partial charge in [-0.2, -0.15) is 5.10 Å². The smallest absolute Gasteiger partial charge is 0.338 e. The van der Waals surface area contributed by atoms with E-state index in [1.54, 1.807) is 16.9 Å². The van der Waals surface area contributed by atoms with Gasteiger partial charge in [-0.15, -0.1) is 0 Å². The molecule has 132 valence electrons. The van der Waals surface area contributed by atoms with Crippen molar-refractivity contribution in [3.8, 4) is 0 Å². The van der Waals surface area contributed by atoms with E-state index in [2.05, 4.69) is 10.4 Å². The Morgan fingerprint density at radius 3 is 2.40 bits per heavy atom. The van der Waals surface area contributed by atoms with Crippen LogP contribution >= 0.6 is 0 Å². The number of nitrogens with zero attached hydrogens (tertiary/aromatic N) is 3. The normalized spacial score (nSPS) is 11.8. The summed E-state index contributed by atoms with van der Waals surface area (Å²) in [5.74, 6) is -0.745. The standard InChI is InChI=1S/C16H18N4O5/c1-10(2)19-14(8-9-17-19)18-15(21)11(3)25-16(22)12-4-6-13(7-5-12)20(23)24/h4-11H,1-3H3,(H,18,21)/t11-/m0/s1. The van der Waals surface area contributed by atoms with Crippen LogP contribution in [0.3, 0.4) is 0 Å². The molecule has 2 aromatic rings. The zero-order valence-corrected chi connectivity index (χ0v) is 14.0. The molecule has 0 aliphatic carbocycles. The van der Waals surface area contributed by atoms with Gasteiger partial charge in [-0.05, 0) is 32.9 Å².